The summed E-state index contributed by atoms with van der Waals surface area (Å²) in [5, 5.41) is 5.59. The Morgan fingerprint density at radius 1 is 1.59 bits per heavy atom. The minimum atomic E-state index is -3.12. The summed E-state index contributed by atoms with van der Waals surface area (Å²) in [4.78, 5) is 4.10. The summed E-state index contributed by atoms with van der Waals surface area (Å²) in [6.07, 6.45) is 0. The van der Waals surface area contributed by atoms with Crippen molar-refractivity contribution in [3.63, 3.8) is 0 Å². The van der Waals surface area contributed by atoms with Crippen LogP contribution in [0, 0.1) is 0 Å². The van der Waals surface area contributed by atoms with Gasteiger partial charge in [-0.2, -0.15) is 0 Å². The van der Waals surface area contributed by atoms with Crippen molar-refractivity contribution in [1.82, 2.24) is 15.0 Å². The first kappa shape index (κ1) is 14.4. The van der Waals surface area contributed by atoms with Gasteiger partial charge in [-0.3, -0.25) is 0 Å². The van der Waals surface area contributed by atoms with Crippen LogP contribution in [-0.2, 0) is 16.6 Å². The van der Waals surface area contributed by atoms with Gasteiger partial charge in [-0.15, -0.1) is 11.3 Å². The molecule has 0 saturated carbocycles. The summed E-state index contributed by atoms with van der Waals surface area (Å²) in [7, 11) is -3.12. The molecule has 0 saturated heterocycles. The van der Waals surface area contributed by atoms with Gasteiger partial charge in [-0.25, -0.2) is 18.1 Å². The van der Waals surface area contributed by atoms with Crippen LogP contribution in [0.1, 0.15) is 19.5 Å². The maximum absolute atomic E-state index is 11.2. The average Bonchev–Trinajstić information content (AvgIpc) is 2.70. The Morgan fingerprint density at radius 2 is 2.29 bits per heavy atom. The molecular formula is C9H18N4O2S2. The van der Waals surface area contributed by atoms with E-state index in [1.54, 1.807) is 6.92 Å². The van der Waals surface area contributed by atoms with Gasteiger partial charge in [0, 0.05) is 24.5 Å². The van der Waals surface area contributed by atoms with E-state index in [0.717, 1.165) is 5.69 Å². The lowest BCUT2D eigenvalue weighted by molar-refractivity contribution is 0.522. The summed E-state index contributed by atoms with van der Waals surface area (Å²) < 4.78 is 24.9. The number of hydrogen-bond acceptors (Lipinski definition) is 6. The second kappa shape index (κ2) is 6.29. The number of nitrogens with zero attached hydrogens (tertiary/aromatic N) is 1. The van der Waals surface area contributed by atoms with Crippen LogP contribution in [0.15, 0.2) is 5.38 Å². The van der Waals surface area contributed by atoms with Crippen LogP contribution in [-0.4, -0.2) is 31.7 Å². The maximum atomic E-state index is 11.2. The van der Waals surface area contributed by atoms with Crippen molar-refractivity contribution < 1.29 is 8.42 Å². The first-order valence-corrected chi connectivity index (χ1v) is 7.86. The van der Waals surface area contributed by atoms with Gasteiger partial charge in [-0.1, -0.05) is 0 Å². The minimum absolute atomic E-state index is 0.0410. The predicted octanol–water partition coefficient (Wildman–Crippen LogP) is 0.143. The fourth-order valence-electron chi connectivity index (χ4n) is 1.11. The summed E-state index contributed by atoms with van der Waals surface area (Å²) in [6, 6.07) is 0.0410. The molecule has 8 heteroatoms. The molecule has 4 N–H and O–H groups in total. The minimum Gasteiger partial charge on any atom is -0.375 e. The van der Waals surface area contributed by atoms with Gasteiger partial charge in [0.1, 0.15) is 0 Å². The molecule has 98 valence electrons. The number of thiazole rings is 1. The first-order valence-electron chi connectivity index (χ1n) is 5.33. The number of nitrogens with one attached hydrogen (secondary N) is 2. The Balaban J connectivity index is 2.28. The highest BCUT2D eigenvalue weighted by Gasteiger charge is 2.09. The van der Waals surface area contributed by atoms with Gasteiger partial charge in [0.15, 0.2) is 5.13 Å². The second-order valence-corrected chi connectivity index (χ2v) is 6.70. The molecular weight excluding hydrogens is 260 g/mol. The van der Waals surface area contributed by atoms with Gasteiger partial charge in [0.2, 0.25) is 10.0 Å². The van der Waals surface area contributed by atoms with Crippen LogP contribution in [0.3, 0.4) is 0 Å². The fraction of sp³-hybridized carbons (Fsp3) is 0.667. The quantitative estimate of drug-likeness (QED) is 0.659. The van der Waals surface area contributed by atoms with Gasteiger partial charge < -0.3 is 11.1 Å². The molecule has 1 aromatic rings. The lowest BCUT2D eigenvalue weighted by Crippen LogP contribution is -2.39. The Morgan fingerprint density at radius 3 is 2.82 bits per heavy atom. The molecule has 0 aromatic carbocycles. The molecule has 1 aromatic heterocycles. The Bertz CT molecular complexity index is 444. The number of nitrogen functional groups attached to an aromatic ring is 1. The van der Waals surface area contributed by atoms with E-state index in [0.29, 0.717) is 18.2 Å². The third kappa shape index (κ3) is 5.44. The van der Waals surface area contributed by atoms with Gasteiger partial charge in [-0.05, 0) is 13.8 Å². The molecule has 0 amide bonds. The van der Waals surface area contributed by atoms with Crippen molar-refractivity contribution in [2.24, 2.45) is 0 Å². The summed E-state index contributed by atoms with van der Waals surface area (Å²) in [5.41, 5.74) is 6.38. The molecule has 17 heavy (non-hydrogen) atoms. The molecule has 0 aliphatic carbocycles. The van der Waals surface area contributed by atoms with E-state index >= 15 is 0 Å². The molecule has 1 rings (SSSR count). The molecule has 1 heterocycles. The van der Waals surface area contributed by atoms with Crippen LogP contribution >= 0.6 is 11.3 Å². The van der Waals surface area contributed by atoms with E-state index in [4.69, 9.17) is 5.73 Å². The first-order chi connectivity index (χ1) is 7.93. The zero-order chi connectivity index (χ0) is 12.9. The standard InChI is InChI=1S/C9H18N4O2S2/c1-3-17(14,15)12-4-7(2)11-5-8-6-16-9(10)13-8/h6-7,11-12H,3-5H2,1-2H3,(H2,10,13)/t7-/m0/s1. The third-order valence-electron chi connectivity index (χ3n) is 2.19. The van der Waals surface area contributed by atoms with Crippen molar-refractivity contribution in [3.05, 3.63) is 11.1 Å². The maximum Gasteiger partial charge on any atom is 0.211 e. The Labute approximate surface area is 106 Å². The zero-order valence-electron chi connectivity index (χ0n) is 9.93. The van der Waals surface area contributed by atoms with Gasteiger partial charge in [0.05, 0.1) is 11.4 Å². The normalized spacial score (nSPS) is 13.8. The van der Waals surface area contributed by atoms with E-state index in [9.17, 15) is 8.42 Å². The number of rotatable bonds is 7. The number of hydrogen-bond donors (Lipinski definition) is 3. The van der Waals surface area contributed by atoms with Crippen LogP contribution in [0.25, 0.3) is 0 Å². The van der Waals surface area contributed by atoms with Gasteiger partial charge >= 0.3 is 0 Å². The number of anilines is 1. The highest BCUT2D eigenvalue weighted by atomic mass is 32.2. The fourth-order valence-corrected chi connectivity index (χ4v) is 2.38. The van der Waals surface area contributed by atoms with E-state index in [2.05, 4.69) is 15.0 Å². The molecule has 1 atom stereocenters. The molecule has 0 aliphatic heterocycles. The SMILES string of the molecule is CCS(=O)(=O)NC[C@H](C)NCc1csc(N)n1. The Kier molecular flexibility index (Phi) is 5.31. The molecule has 0 bridgehead atoms. The van der Waals surface area contributed by atoms with E-state index in [-0.39, 0.29) is 11.8 Å². The van der Waals surface area contributed by atoms with Crippen LogP contribution < -0.4 is 15.8 Å². The summed E-state index contributed by atoms with van der Waals surface area (Å²) >= 11 is 1.39. The molecule has 0 aliphatic rings. The van der Waals surface area contributed by atoms with E-state index in [1.165, 1.54) is 11.3 Å². The third-order valence-corrected chi connectivity index (χ3v) is 4.28. The number of nitrogens with two attached hydrogens (primary N) is 1. The summed E-state index contributed by atoms with van der Waals surface area (Å²) in [6.45, 7) is 4.48. The lowest BCUT2D eigenvalue weighted by Gasteiger charge is -2.13. The molecule has 0 fully saturated rings. The number of aromatic nitrogens is 1. The molecule has 0 radical (unpaired) electrons. The van der Waals surface area contributed by atoms with Crippen molar-refractivity contribution in [2.75, 3.05) is 18.0 Å². The molecule has 6 nitrogen and oxygen atoms in total. The average molecular weight is 278 g/mol. The van der Waals surface area contributed by atoms with Crippen molar-refractivity contribution >= 4 is 26.5 Å². The van der Waals surface area contributed by atoms with Crippen molar-refractivity contribution in [1.29, 1.82) is 0 Å². The second-order valence-electron chi connectivity index (χ2n) is 3.71. The predicted molar refractivity (Wildman–Crippen MR) is 70.3 cm³/mol. The molecule has 0 unspecified atom stereocenters. The topological polar surface area (TPSA) is 97.1 Å². The number of sulfonamides is 1. The van der Waals surface area contributed by atoms with Crippen LogP contribution in [0.5, 0.6) is 0 Å². The van der Waals surface area contributed by atoms with Crippen molar-refractivity contribution in [2.45, 2.75) is 26.4 Å². The van der Waals surface area contributed by atoms with Crippen molar-refractivity contribution in [3.8, 4) is 0 Å². The monoisotopic (exact) mass is 278 g/mol. The highest BCUT2D eigenvalue weighted by Crippen LogP contribution is 2.10. The van der Waals surface area contributed by atoms with Crippen LogP contribution in [0.4, 0.5) is 5.13 Å². The lowest BCUT2D eigenvalue weighted by atomic mass is 10.3. The Hall–Kier alpha value is -0.700. The van der Waals surface area contributed by atoms with Crippen LogP contribution in [0.2, 0.25) is 0 Å². The van der Waals surface area contributed by atoms with E-state index < -0.39 is 10.0 Å². The smallest absolute Gasteiger partial charge is 0.211 e. The largest absolute Gasteiger partial charge is 0.375 e. The molecule has 0 spiro atoms. The summed E-state index contributed by atoms with van der Waals surface area (Å²) in [5.74, 6) is 0.0995. The van der Waals surface area contributed by atoms with Gasteiger partial charge in [0.25, 0.3) is 0 Å². The zero-order valence-corrected chi connectivity index (χ0v) is 11.6. The highest BCUT2D eigenvalue weighted by molar-refractivity contribution is 7.89. The van der Waals surface area contributed by atoms with E-state index in [1.807, 2.05) is 12.3 Å².